The predicted molar refractivity (Wildman–Crippen MR) is 44.1 cm³/mol. The third kappa shape index (κ3) is 4.94. The fraction of sp³-hybridized carbons (Fsp3) is 0.857. The molecule has 0 heterocycles. The molecule has 0 radical (unpaired) electrons. The van der Waals surface area contributed by atoms with Gasteiger partial charge >= 0.3 is 0 Å². The van der Waals surface area contributed by atoms with E-state index in [9.17, 15) is 4.79 Å². The first-order chi connectivity index (χ1) is 4.68. The Morgan fingerprint density at radius 2 is 2.20 bits per heavy atom. The zero-order valence-electron chi connectivity index (χ0n) is 6.14. The summed E-state index contributed by atoms with van der Waals surface area (Å²) in [6.45, 7) is 2.09. The van der Waals surface area contributed by atoms with Crippen molar-refractivity contribution in [2.45, 2.75) is 38.7 Å². The van der Waals surface area contributed by atoms with Crippen molar-refractivity contribution in [1.82, 2.24) is 0 Å². The van der Waals surface area contributed by atoms with Crippen LogP contribution in [0.25, 0.3) is 0 Å². The van der Waals surface area contributed by atoms with Gasteiger partial charge in [0.1, 0.15) is 6.10 Å². The fourth-order valence-electron chi connectivity index (χ4n) is 0.701. The molecule has 0 rings (SSSR count). The number of rotatable bonds is 5. The highest BCUT2D eigenvalue weighted by atomic mass is 79.9. The van der Waals surface area contributed by atoms with Crippen molar-refractivity contribution in [3.05, 3.63) is 0 Å². The average molecular weight is 209 g/mol. The van der Waals surface area contributed by atoms with Gasteiger partial charge in [-0.25, -0.2) is 0 Å². The van der Waals surface area contributed by atoms with Gasteiger partial charge < -0.3 is 5.11 Å². The Balaban J connectivity index is 3.21. The van der Waals surface area contributed by atoms with Gasteiger partial charge in [-0.3, -0.25) is 4.79 Å². The van der Waals surface area contributed by atoms with Crippen LogP contribution in [-0.2, 0) is 4.79 Å². The fourth-order valence-corrected chi connectivity index (χ4v) is 0.930. The number of carbonyl (C=O) groups is 1. The lowest BCUT2D eigenvalue weighted by Crippen LogP contribution is -2.13. The highest BCUT2D eigenvalue weighted by molar-refractivity contribution is 9.18. The van der Waals surface area contributed by atoms with Crippen molar-refractivity contribution >= 4 is 20.6 Å². The van der Waals surface area contributed by atoms with Crippen molar-refractivity contribution in [1.29, 1.82) is 0 Å². The molecule has 0 aliphatic rings. The smallest absolute Gasteiger partial charge is 0.226 e. The molecular formula is C7H13BrO2. The summed E-state index contributed by atoms with van der Waals surface area (Å²) in [5.41, 5.74) is 0. The Labute approximate surface area is 69.8 Å². The number of aliphatic hydroxyl groups excluding tert-OH is 1. The van der Waals surface area contributed by atoms with Gasteiger partial charge in [-0.05, 0) is 22.4 Å². The van der Waals surface area contributed by atoms with Crippen molar-refractivity contribution in [2.75, 3.05) is 0 Å². The van der Waals surface area contributed by atoms with Gasteiger partial charge in [0.2, 0.25) is 4.69 Å². The summed E-state index contributed by atoms with van der Waals surface area (Å²) in [6, 6.07) is 0. The first kappa shape index (κ1) is 10.1. The molecule has 0 saturated carbocycles. The van der Waals surface area contributed by atoms with Crippen molar-refractivity contribution in [2.24, 2.45) is 0 Å². The SMILES string of the molecule is CCCCCC(O)C(=O)Br. The van der Waals surface area contributed by atoms with Crippen LogP contribution in [0.3, 0.4) is 0 Å². The van der Waals surface area contributed by atoms with Crippen LogP contribution in [0.5, 0.6) is 0 Å². The lowest BCUT2D eigenvalue weighted by molar-refractivity contribution is -0.117. The molecule has 0 fully saturated rings. The molecule has 0 aromatic heterocycles. The van der Waals surface area contributed by atoms with Crippen LogP contribution in [0.1, 0.15) is 32.6 Å². The summed E-state index contributed by atoms with van der Waals surface area (Å²) in [4.78, 5) is 10.4. The Hall–Kier alpha value is 0.110. The molecule has 0 amide bonds. The van der Waals surface area contributed by atoms with E-state index in [0.717, 1.165) is 19.3 Å². The first-order valence-electron chi connectivity index (χ1n) is 3.56. The van der Waals surface area contributed by atoms with Crippen LogP contribution in [0.4, 0.5) is 0 Å². The molecule has 0 aromatic carbocycles. The second-order valence-corrected chi connectivity index (χ2v) is 3.10. The van der Waals surface area contributed by atoms with Crippen LogP contribution >= 0.6 is 15.9 Å². The maximum Gasteiger partial charge on any atom is 0.226 e. The lowest BCUT2D eigenvalue weighted by Gasteiger charge is -2.02. The number of aliphatic hydroxyl groups is 1. The van der Waals surface area contributed by atoms with E-state index in [1.807, 2.05) is 0 Å². The van der Waals surface area contributed by atoms with Gasteiger partial charge in [0.15, 0.2) is 0 Å². The average Bonchev–Trinajstić information content (AvgIpc) is 1.88. The minimum absolute atomic E-state index is 0.302. The number of carbonyl (C=O) groups excluding carboxylic acids is 1. The van der Waals surface area contributed by atoms with Crippen LogP contribution in [0.2, 0.25) is 0 Å². The van der Waals surface area contributed by atoms with E-state index in [2.05, 4.69) is 22.9 Å². The maximum absolute atomic E-state index is 10.4. The van der Waals surface area contributed by atoms with Crippen molar-refractivity contribution in [3.63, 3.8) is 0 Å². The van der Waals surface area contributed by atoms with Gasteiger partial charge in [0, 0.05) is 0 Å². The largest absolute Gasteiger partial charge is 0.384 e. The van der Waals surface area contributed by atoms with Gasteiger partial charge in [0.05, 0.1) is 0 Å². The molecule has 0 aliphatic heterocycles. The molecular weight excluding hydrogens is 196 g/mol. The molecule has 0 aliphatic carbocycles. The number of unbranched alkanes of at least 4 members (excludes halogenated alkanes) is 2. The molecule has 1 N–H and O–H groups in total. The molecule has 60 valence electrons. The van der Waals surface area contributed by atoms with Crippen LogP contribution in [-0.4, -0.2) is 15.9 Å². The molecule has 1 unspecified atom stereocenters. The molecule has 3 heteroatoms. The second-order valence-electron chi connectivity index (χ2n) is 2.32. The highest BCUT2D eigenvalue weighted by Crippen LogP contribution is 2.06. The summed E-state index contributed by atoms with van der Waals surface area (Å²) in [6.07, 6.45) is 2.90. The van der Waals surface area contributed by atoms with E-state index in [-0.39, 0.29) is 4.69 Å². The summed E-state index contributed by atoms with van der Waals surface area (Å²) >= 11 is 2.70. The Bertz CT molecular complexity index is 104. The topological polar surface area (TPSA) is 37.3 Å². The summed E-state index contributed by atoms with van der Waals surface area (Å²) in [5, 5.41) is 8.96. The Morgan fingerprint density at radius 1 is 1.60 bits per heavy atom. The predicted octanol–water partition coefficient (Wildman–Crippen LogP) is 1.85. The molecule has 0 saturated heterocycles. The Morgan fingerprint density at radius 3 is 2.60 bits per heavy atom. The summed E-state index contributed by atoms with van der Waals surface area (Å²) in [7, 11) is 0. The van der Waals surface area contributed by atoms with Gasteiger partial charge in [-0.15, -0.1) is 0 Å². The zero-order valence-corrected chi connectivity index (χ0v) is 7.73. The number of halogens is 1. The number of hydrogen-bond donors (Lipinski definition) is 1. The molecule has 1 atom stereocenters. The normalized spacial score (nSPS) is 13.1. The van der Waals surface area contributed by atoms with E-state index in [4.69, 9.17) is 5.11 Å². The minimum Gasteiger partial charge on any atom is -0.384 e. The summed E-state index contributed by atoms with van der Waals surface area (Å²) in [5.74, 6) is 0. The molecule has 2 nitrogen and oxygen atoms in total. The Kier molecular flexibility index (Phi) is 5.93. The van der Waals surface area contributed by atoms with Gasteiger partial charge in [0.25, 0.3) is 0 Å². The molecule has 0 bridgehead atoms. The van der Waals surface area contributed by atoms with E-state index < -0.39 is 6.10 Å². The summed E-state index contributed by atoms with van der Waals surface area (Å²) < 4.78 is -0.302. The highest BCUT2D eigenvalue weighted by Gasteiger charge is 2.09. The first-order valence-corrected chi connectivity index (χ1v) is 4.35. The standard InChI is InChI=1S/C7H13BrO2/c1-2-3-4-5-6(9)7(8)10/h6,9H,2-5H2,1H3. The van der Waals surface area contributed by atoms with Crippen LogP contribution < -0.4 is 0 Å². The quantitative estimate of drug-likeness (QED) is 0.554. The van der Waals surface area contributed by atoms with Crippen molar-refractivity contribution in [3.8, 4) is 0 Å². The van der Waals surface area contributed by atoms with Gasteiger partial charge in [-0.1, -0.05) is 26.2 Å². The number of hydrogen-bond acceptors (Lipinski definition) is 2. The van der Waals surface area contributed by atoms with E-state index in [0.29, 0.717) is 6.42 Å². The lowest BCUT2D eigenvalue weighted by atomic mass is 10.1. The molecule has 10 heavy (non-hydrogen) atoms. The molecule has 0 spiro atoms. The maximum atomic E-state index is 10.4. The van der Waals surface area contributed by atoms with E-state index in [1.165, 1.54) is 0 Å². The minimum atomic E-state index is -0.799. The molecule has 0 aromatic rings. The third-order valence-corrected chi connectivity index (χ3v) is 1.87. The van der Waals surface area contributed by atoms with Crippen molar-refractivity contribution < 1.29 is 9.90 Å². The van der Waals surface area contributed by atoms with Crippen LogP contribution in [0.15, 0.2) is 0 Å². The van der Waals surface area contributed by atoms with Gasteiger partial charge in [-0.2, -0.15) is 0 Å². The zero-order chi connectivity index (χ0) is 7.98. The monoisotopic (exact) mass is 208 g/mol. The second kappa shape index (κ2) is 5.86. The van der Waals surface area contributed by atoms with Crippen LogP contribution in [0, 0.1) is 0 Å². The van der Waals surface area contributed by atoms with E-state index in [1.54, 1.807) is 0 Å². The van der Waals surface area contributed by atoms with E-state index >= 15 is 0 Å². The third-order valence-electron chi connectivity index (χ3n) is 1.34.